The van der Waals surface area contributed by atoms with Crippen molar-refractivity contribution >= 4 is 11.8 Å². The van der Waals surface area contributed by atoms with Crippen molar-refractivity contribution in [2.45, 2.75) is 44.4 Å². The Kier molecular flexibility index (Phi) is 6.78. The molecule has 0 aromatic carbocycles. The molecule has 1 rings (SSSR count). The van der Waals surface area contributed by atoms with Crippen molar-refractivity contribution in [3.05, 3.63) is 0 Å². The SMILES string of the molecule is CNC1CCC(C(C)C)CC1SCCOC. The van der Waals surface area contributed by atoms with Crippen LogP contribution in [-0.2, 0) is 4.74 Å². The molecule has 1 aliphatic rings. The quantitative estimate of drug-likeness (QED) is 0.727. The van der Waals surface area contributed by atoms with Gasteiger partial charge >= 0.3 is 0 Å². The lowest BCUT2D eigenvalue weighted by Gasteiger charge is -2.37. The lowest BCUT2D eigenvalue weighted by atomic mass is 9.79. The molecule has 16 heavy (non-hydrogen) atoms. The van der Waals surface area contributed by atoms with Gasteiger partial charge in [0.1, 0.15) is 0 Å². The molecule has 2 nitrogen and oxygen atoms in total. The van der Waals surface area contributed by atoms with Gasteiger partial charge in [-0.15, -0.1) is 0 Å². The van der Waals surface area contributed by atoms with E-state index in [9.17, 15) is 0 Å². The number of thioether (sulfide) groups is 1. The number of nitrogens with one attached hydrogen (secondary N) is 1. The van der Waals surface area contributed by atoms with Crippen molar-refractivity contribution < 1.29 is 4.74 Å². The van der Waals surface area contributed by atoms with Crippen molar-refractivity contribution in [2.75, 3.05) is 26.5 Å². The van der Waals surface area contributed by atoms with Crippen LogP contribution in [-0.4, -0.2) is 37.8 Å². The van der Waals surface area contributed by atoms with Gasteiger partial charge in [-0.1, -0.05) is 13.8 Å². The number of ether oxygens (including phenoxy) is 1. The molecule has 3 atom stereocenters. The zero-order chi connectivity index (χ0) is 12.0. The number of rotatable bonds is 6. The second-order valence-corrected chi connectivity index (χ2v) is 6.46. The fourth-order valence-corrected chi connectivity index (χ4v) is 4.02. The summed E-state index contributed by atoms with van der Waals surface area (Å²) < 4.78 is 5.13. The van der Waals surface area contributed by atoms with E-state index in [-0.39, 0.29) is 0 Å². The van der Waals surface area contributed by atoms with Crippen LogP contribution in [0.5, 0.6) is 0 Å². The Labute approximate surface area is 105 Å². The van der Waals surface area contributed by atoms with Crippen LogP contribution < -0.4 is 5.32 Å². The summed E-state index contributed by atoms with van der Waals surface area (Å²) in [4.78, 5) is 0. The molecule has 0 heterocycles. The summed E-state index contributed by atoms with van der Waals surface area (Å²) in [6.07, 6.45) is 4.10. The molecule has 0 bridgehead atoms. The average molecular weight is 245 g/mol. The molecule has 1 fully saturated rings. The van der Waals surface area contributed by atoms with Gasteiger partial charge in [-0.3, -0.25) is 0 Å². The first-order valence-electron chi connectivity index (χ1n) is 6.46. The number of hydrogen-bond acceptors (Lipinski definition) is 3. The average Bonchev–Trinajstić information content (AvgIpc) is 2.29. The van der Waals surface area contributed by atoms with Gasteiger partial charge in [-0.05, 0) is 38.1 Å². The molecule has 0 spiro atoms. The molecule has 96 valence electrons. The van der Waals surface area contributed by atoms with Gasteiger partial charge in [-0.25, -0.2) is 0 Å². The fourth-order valence-electron chi connectivity index (χ4n) is 2.56. The maximum atomic E-state index is 5.13. The van der Waals surface area contributed by atoms with Crippen LogP contribution in [0.1, 0.15) is 33.1 Å². The lowest BCUT2D eigenvalue weighted by Crippen LogP contribution is -2.42. The Bertz CT molecular complexity index is 187. The predicted octanol–water partition coefficient (Wildman–Crippen LogP) is 2.78. The minimum atomic E-state index is 0.705. The molecule has 0 radical (unpaired) electrons. The van der Waals surface area contributed by atoms with Gasteiger partial charge < -0.3 is 10.1 Å². The van der Waals surface area contributed by atoms with Crippen molar-refractivity contribution in [2.24, 2.45) is 11.8 Å². The second-order valence-electron chi connectivity index (χ2n) is 5.11. The molecule has 1 saturated carbocycles. The van der Waals surface area contributed by atoms with Gasteiger partial charge in [0, 0.05) is 24.2 Å². The zero-order valence-corrected chi connectivity index (χ0v) is 12.0. The molecular formula is C13H27NOS. The first kappa shape index (κ1) is 14.3. The number of methoxy groups -OCH3 is 1. The van der Waals surface area contributed by atoms with Crippen LogP contribution in [0, 0.1) is 11.8 Å². The maximum Gasteiger partial charge on any atom is 0.0553 e. The molecular weight excluding hydrogens is 218 g/mol. The van der Waals surface area contributed by atoms with Crippen LogP contribution in [0.4, 0.5) is 0 Å². The Morgan fingerprint density at radius 1 is 1.38 bits per heavy atom. The largest absolute Gasteiger partial charge is 0.384 e. The lowest BCUT2D eigenvalue weighted by molar-refractivity contribution is 0.217. The Morgan fingerprint density at radius 3 is 2.69 bits per heavy atom. The summed E-state index contributed by atoms with van der Waals surface area (Å²) in [7, 11) is 3.89. The summed E-state index contributed by atoms with van der Waals surface area (Å²) in [5.41, 5.74) is 0. The molecule has 0 aromatic heterocycles. The van der Waals surface area contributed by atoms with Crippen molar-refractivity contribution in [3.63, 3.8) is 0 Å². The van der Waals surface area contributed by atoms with Crippen molar-refractivity contribution in [3.8, 4) is 0 Å². The molecule has 0 saturated heterocycles. The summed E-state index contributed by atoms with van der Waals surface area (Å²) in [6.45, 7) is 5.60. The first-order chi connectivity index (χ1) is 7.69. The van der Waals surface area contributed by atoms with Crippen LogP contribution in [0.2, 0.25) is 0 Å². The third-order valence-electron chi connectivity index (χ3n) is 3.77. The normalized spacial score (nSPS) is 30.9. The third-order valence-corrected chi connectivity index (χ3v) is 5.12. The van der Waals surface area contributed by atoms with E-state index >= 15 is 0 Å². The Balaban J connectivity index is 2.40. The van der Waals surface area contributed by atoms with Gasteiger partial charge in [0.25, 0.3) is 0 Å². The highest BCUT2D eigenvalue weighted by Crippen LogP contribution is 2.35. The van der Waals surface area contributed by atoms with E-state index in [0.717, 1.165) is 29.4 Å². The van der Waals surface area contributed by atoms with Gasteiger partial charge in [0.2, 0.25) is 0 Å². The van der Waals surface area contributed by atoms with E-state index < -0.39 is 0 Å². The van der Waals surface area contributed by atoms with E-state index in [1.807, 2.05) is 0 Å². The molecule has 0 aliphatic heterocycles. The molecule has 1 N–H and O–H groups in total. The van der Waals surface area contributed by atoms with Gasteiger partial charge in [0.05, 0.1) is 6.61 Å². The van der Waals surface area contributed by atoms with Gasteiger partial charge in [0.15, 0.2) is 0 Å². The topological polar surface area (TPSA) is 21.3 Å². The first-order valence-corrected chi connectivity index (χ1v) is 7.51. The molecule has 3 heteroatoms. The van der Waals surface area contributed by atoms with Crippen LogP contribution in [0.15, 0.2) is 0 Å². The fraction of sp³-hybridized carbons (Fsp3) is 1.00. The molecule has 0 amide bonds. The molecule has 0 aromatic rings. The highest BCUT2D eigenvalue weighted by Gasteiger charge is 2.30. The summed E-state index contributed by atoms with van der Waals surface area (Å²) in [6, 6.07) is 0.705. The van der Waals surface area contributed by atoms with E-state index in [2.05, 4.69) is 38.0 Å². The van der Waals surface area contributed by atoms with Crippen LogP contribution in [0.3, 0.4) is 0 Å². The van der Waals surface area contributed by atoms with Crippen LogP contribution >= 0.6 is 11.8 Å². The van der Waals surface area contributed by atoms with E-state index in [0.29, 0.717) is 6.04 Å². The number of hydrogen-bond donors (Lipinski definition) is 1. The maximum absolute atomic E-state index is 5.13. The molecule has 1 aliphatic carbocycles. The van der Waals surface area contributed by atoms with Crippen LogP contribution in [0.25, 0.3) is 0 Å². The second kappa shape index (κ2) is 7.57. The smallest absolute Gasteiger partial charge is 0.0553 e. The minimum Gasteiger partial charge on any atom is -0.384 e. The van der Waals surface area contributed by atoms with Crippen molar-refractivity contribution in [1.29, 1.82) is 0 Å². The molecule has 3 unspecified atom stereocenters. The Morgan fingerprint density at radius 2 is 2.12 bits per heavy atom. The van der Waals surface area contributed by atoms with Gasteiger partial charge in [-0.2, -0.15) is 11.8 Å². The summed E-state index contributed by atoms with van der Waals surface area (Å²) in [5, 5.41) is 4.26. The van der Waals surface area contributed by atoms with E-state index in [1.54, 1.807) is 7.11 Å². The third kappa shape index (κ3) is 4.27. The summed E-state index contributed by atoms with van der Waals surface area (Å²) >= 11 is 2.09. The van der Waals surface area contributed by atoms with E-state index in [4.69, 9.17) is 4.74 Å². The standard InChI is InChI=1S/C13H27NOS/c1-10(2)11-5-6-12(14-3)13(9-11)16-8-7-15-4/h10-14H,5-9H2,1-4H3. The van der Waals surface area contributed by atoms with E-state index in [1.165, 1.54) is 19.3 Å². The highest BCUT2D eigenvalue weighted by molar-refractivity contribution is 7.99. The monoisotopic (exact) mass is 245 g/mol. The summed E-state index contributed by atoms with van der Waals surface area (Å²) in [5.74, 6) is 2.89. The minimum absolute atomic E-state index is 0.705. The highest BCUT2D eigenvalue weighted by atomic mass is 32.2. The Hall–Kier alpha value is 0.270. The predicted molar refractivity (Wildman–Crippen MR) is 73.1 cm³/mol. The zero-order valence-electron chi connectivity index (χ0n) is 11.2. The van der Waals surface area contributed by atoms with Crippen molar-refractivity contribution in [1.82, 2.24) is 5.32 Å².